The van der Waals surface area contributed by atoms with Gasteiger partial charge in [-0.1, -0.05) is 18.2 Å². The maximum absolute atomic E-state index is 13.9. The van der Waals surface area contributed by atoms with E-state index in [2.05, 4.69) is 15.6 Å². The first-order chi connectivity index (χ1) is 13.4. The largest absolute Gasteiger partial charge is 0.353 e. The quantitative estimate of drug-likeness (QED) is 0.614. The lowest BCUT2D eigenvalue weighted by Gasteiger charge is -2.13. The molecule has 2 atom stereocenters. The van der Waals surface area contributed by atoms with Crippen molar-refractivity contribution in [2.45, 2.75) is 24.9 Å². The molecular formula is C21H24F2N4O. The molecule has 2 unspecified atom stereocenters. The van der Waals surface area contributed by atoms with Gasteiger partial charge in [-0.05, 0) is 36.2 Å². The Morgan fingerprint density at radius 1 is 1.14 bits per heavy atom. The summed E-state index contributed by atoms with van der Waals surface area (Å²) in [4.78, 5) is 17.6. The van der Waals surface area contributed by atoms with E-state index in [1.165, 1.54) is 23.1 Å². The van der Waals surface area contributed by atoms with Crippen LogP contribution in [-0.4, -0.2) is 44.0 Å². The summed E-state index contributed by atoms with van der Waals surface area (Å²) >= 11 is 0. The van der Waals surface area contributed by atoms with Gasteiger partial charge in [0.15, 0.2) is 5.96 Å². The molecule has 2 aromatic rings. The molecule has 0 spiro atoms. The fraction of sp³-hybridized carbons (Fsp3) is 0.333. The summed E-state index contributed by atoms with van der Waals surface area (Å²) in [5.41, 5.74) is 1.76. The monoisotopic (exact) mass is 386 g/mol. The van der Waals surface area contributed by atoms with Crippen LogP contribution in [0.4, 0.5) is 8.78 Å². The molecule has 0 bridgehead atoms. The second kappa shape index (κ2) is 8.37. The van der Waals surface area contributed by atoms with E-state index in [0.717, 1.165) is 5.56 Å². The molecule has 28 heavy (non-hydrogen) atoms. The first kappa shape index (κ1) is 19.8. The Balaban J connectivity index is 1.54. The molecule has 0 aromatic heterocycles. The molecule has 148 valence electrons. The fourth-order valence-corrected chi connectivity index (χ4v) is 3.12. The second-order valence-corrected chi connectivity index (χ2v) is 7.05. The number of rotatable bonds is 5. The molecule has 5 nitrogen and oxygen atoms in total. The molecule has 2 N–H and O–H groups in total. The van der Waals surface area contributed by atoms with Crippen LogP contribution in [0.5, 0.6) is 0 Å². The average molecular weight is 386 g/mol. The van der Waals surface area contributed by atoms with E-state index in [1.807, 2.05) is 12.1 Å². The lowest BCUT2D eigenvalue weighted by molar-refractivity contribution is 0.0827. The molecule has 2 aromatic carbocycles. The van der Waals surface area contributed by atoms with Crippen molar-refractivity contribution in [2.75, 3.05) is 21.1 Å². The van der Waals surface area contributed by atoms with E-state index in [0.29, 0.717) is 24.5 Å². The fourth-order valence-electron chi connectivity index (χ4n) is 3.12. The van der Waals surface area contributed by atoms with Gasteiger partial charge in [0.2, 0.25) is 0 Å². The summed E-state index contributed by atoms with van der Waals surface area (Å²) in [6.07, 6.45) is 0.653. The smallest absolute Gasteiger partial charge is 0.253 e. The standard InChI is InChI=1S/C21H24F2N4O/c1-24-21(25-12-13-7-9-14(10-8-13)20(28)27(2)3)26-18-11-15(18)19-16(22)5-4-6-17(19)23/h4-10,15,18H,11-12H2,1-3H3,(H2,24,25,26). The molecule has 1 fully saturated rings. The van der Waals surface area contributed by atoms with Crippen LogP contribution in [0.2, 0.25) is 0 Å². The third-order valence-electron chi connectivity index (χ3n) is 4.77. The van der Waals surface area contributed by atoms with Crippen molar-refractivity contribution in [2.24, 2.45) is 4.99 Å². The lowest BCUT2D eigenvalue weighted by Crippen LogP contribution is -2.38. The van der Waals surface area contributed by atoms with Crippen LogP contribution >= 0.6 is 0 Å². The Hall–Kier alpha value is -2.96. The van der Waals surface area contributed by atoms with Crippen molar-refractivity contribution in [3.05, 3.63) is 70.8 Å². The summed E-state index contributed by atoms with van der Waals surface area (Å²) in [6, 6.07) is 11.2. The summed E-state index contributed by atoms with van der Waals surface area (Å²) in [5, 5.41) is 6.39. The van der Waals surface area contributed by atoms with E-state index >= 15 is 0 Å². The number of carbonyl (C=O) groups excluding carboxylic acids is 1. The molecule has 1 aliphatic rings. The zero-order valence-corrected chi connectivity index (χ0v) is 16.2. The Morgan fingerprint density at radius 2 is 1.79 bits per heavy atom. The van der Waals surface area contributed by atoms with Crippen molar-refractivity contribution in [1.82, 2.24) is 15.5 Å². The van der Waals surface area contributed by atoms with Gasteiger partial charge in [-0.25, -0.2) is 8.78 Å². The van der Waals surface area contributed by atoms with Crippen molar-refractivity contribution >= 4 is 11.9 Å². The number of aliphatic imine (C=N–C) groups is 1. The SMILES string of the molecule is CN=C(NCc1ccc(C(=O)N(C)C)cc1)NC1CC1c1c(F)cccc1F. The maximum Gasteiger partial charge on any atom is 0.253 e. The molecule has 0 aliphatic heterocycles. The van der Waals surface area contributed by atoms with Crippen molar-refractivity contribution in [3.63, 3.8) is 0 Å². The summed E-state index contributed by atoms with van der Waals surface area (Å²) in [7, 11) is 5.08. The Kier molecular flexibility index (Phi) is 5.92. The van der Waals surface area contributed by atoms with Crippen LogP contribution in [0.3, 0.4) is 0 Å². The minimum Gasteiger partial charge on any atom is -0.353 e. The first-order valence-corrected chi connectivity index (χ1v) is 9.12. The zero-order chi connectivity index (χ0) is 20.3. The number of hydrogen-bond donors (Lipinski definition) is 2. The number of hydrogen-bond acceptors (Lipinski definition) is 2. The minimum absolute atomic E-state index is 0.0443. The van der Waals surface area contributed by atoms with Gasteiger partial charge >= 0.3 is 0 Å². The van der Waals surface area contributed by atoms with Gasteiger partial charge in [0.05, 0.1) is 0 Å². The predicted octanol–water partition coefficient (Wildman–Crippen LogP) is 2.89. The van der Waals surface area contributed by atoms with Gasteiger partial charge in [0.25, 0.3) is 5.91 Å². The van der Waals surface area contributed by atoms with Gasteiger partial charge in [0, 0.05) is 50.8 Å². The highest BCUT2D eigenvalue weighted by molar-refractivity contribution is 5.93. The molecule has 1 amide bonds. The third kappa shape index (κ3) is 4.47. The van der Waals surface area contributed by atoms with Crippen LogP contribution in [0.1, 0.15) is 33.8 Å². The summed E-state index contributed by atoms with van der Waals surface area (Å²) in [5.74, 6) is -0.694. The number of benzene rings is 2. The number of guanidine groups is 1. The van der Waals surface area contributed by atoms with Crippen molar-refractivity contribution in [3.8, 4) is 0 Å². The van der Waals surface area contributed by atoms with Gasteiger partial charge in [-0.3, -0.25) is 9.79 Å². The van der Waals surface area contributed by atoms with Gasteiger partial charge in [-0.2, -0.15) is 0 Å². The third-order valence-corrected chi connectivity index (χ3v) is 4.77. The zero-order valence-electron chi connectivity index (χ0n) is 16.2. The Morgan fingerprint density at radius 3 is 2.36 bits per heavy atom. The maximum atomic E-state index is 13.9. The molecule has 0 saturated heterocycles. The number of nitrogens with one attached hydrogen (secondary N) is 2. The van der Waals surface area contributed by atoms with E-state index in [1.54, 1.807) is 33.3 Å². The molecule has 1 aliphatic carbocycles. The molecule has 1 saturated carbocycles. The van der Waals surface area contributed by atoms with Crippen LogP contribution in [0.25, 0.3) is 0 Å². The number of halogens is 2. The highest BCUT2D eigenvalue weighted by atomic mass is 19.1. The van der Waals surface area contributed by atoms with E-state index in [9.17, 15) is 13.6 Å². The second-order valence-electron chi connectivity index (χ2n) is 7.05. The first-order valence-electron chi connectivity index (χ1n) is 9.12. The minimum atomic E-state index is -0.510. The number of amides is 1. The predicted molar refractivity (Wildman–Crippen MR) is 105 cm³/mol. The Bertz CT molecular complexity index is 860. The summed E-state index contributed by atoms with van der Waals surface area (Å²) < 4.78 is 27.8. The highest BCUT2D eigenvalue weighted by Crippen LogP contribution is 2.43. The Labute approximate surface area is 163 Å². The molecular weight excluding hydrogens is 362 g/mol. The normalized spacial score (nSPS) is 18.5. The van der Waals surface area contributed by atoms with Gasteiger partial charge < -0.3 is 15.5 Å². The van der Waals surface area contributed by atoms with Crippen LogP contribution < -0.4 is 10.6 Å². The number of nitrogens with zero attached hydrogens (tertiary/aromatic N) is 2. The topological polar surface area (TPSA) is 56.7 Å². The number of carbonyl (C=O) groups is 1. The van der Waals surface area contributed by atoms with Crippen LogP contribution in [0.15, 0.2) is 47.5 Å². The lowest BCUT2D eigenvalue weighted by atomic mass is 10.1. The molecule has 0 radical (unpaired) electrons. The van der Waals surface area contributed by atoms with Crippen LogP contribution in [-0.2, 0) is 6.54 Å². The molecule has 0 heterocycles. The molecule has 3 rings (SSSR count). The average Bonchev–Trinajstić information content (AvgIpc) is 3.43. The van der Waals surface area contributed by atoms with Crippen molar-refractivity contribution in [1.29, 1.82) is 0 Å². The van der Waals surface area contributed by atoms with Crippen LogP contribution in [0, 0.1) is 11.6 Å². The van der Waals surface area contributed by atoms with E-state index < -0.39 is 11.6 Å². The summed E-state index contributed by atoms with van der Waals surface area (Å²) in [6.45, 7) is 0.515. The van der Waals surface area contributed by atoms with Gasteiger partial charge in [0.1, 0.15) is 11.6 Å². The highest BCUT2D eigenvalue weighted by Gasteiger charge is 2.42. The van der Waals surface area contributed by atoms with Crippen molar-refractivity contribution < 1.29 is 13.6 Å². The van der Waals surface area contributed by atoms with E-state index in [-0.39, 0.29) is 23.4 Å². The van der Waals surface area contributed by atoms with E-state index in [4.69, 9.17) is 0 Å². The molecule has 7 heteroatoms. The van der Waals surface area contributed by atoms with Gasteiger partial charge in [-0.15, -0.1) is 0 Å².